The van der Waals surface area contributed by atoms with Crippen molar-refractivity contribution < 1.29 is 4.39 Å². The van der Waals surface area contributed by atoms with Gasteiger partial charge in [0.15, 0.2) is 0 Å². The first kappa shape index (κ1) is 13.6. The molecule has 5 heteroatoms. The van der Waals surface area contributed by atoms with E-state index >= 15 is 0 Å². The fourth-order valence-electron chi connectivity index (χ4n) is 1.78. The van der Waals surface area contributed by atoms with E-state index in [4.69, 9.17) is 5.73 Å². The maximum Gasteiger partial charge on any atom is 0.129 e. The van der Waals surface area contributed by atoms with Crippen molar-refractivity contribution in [2.24, 2.45) is 5.73 Å². The Hall–Kier alpha value is -0.780. The Labute approximate surface area is 118 Å². The maximum atomic E-state index is 13.8. The van der Waals surface area contributed by atoms with Crippen molar-refractivity contribution in [3.05, 3.63) is 49.6 Å². The fraction of sp³-hybridized carbons (Fsp3) is 0.308. The van der Waals surface area contributed by atoms with Gasteiger partial charge in [-0.15, -0.1) is 11.3 Å². The molecule has 1 heterocycles. The van der Waals surface area contributed by atoms with Gasteiger partial charge in [-0.1, -0.05) is 22.0 Å². The monoisotopic (exact) mass is 328 g/mol. The lowest BCUT2D eigenvalue weighted by atomic mass is 10.0. The van der Waals surface area contributed by atoms with Crippen molar-refractivity contribution in [2.45, 2.75) is 26.3 Å². The van der Waals surface area contributed by atoms with E-state index in [0.717, 1.165) is 10.7 Å². The highest BCUT2D eigenvalue weighted by molar-refractivity contribution is 9.10. The van der Waals surface area contributed by atoms with Gasteiger partial charge in [-0.2, -0.15) is 0 Å². The summed E-state index contributed by atoms with van der Waals surface area (Å²) in [6, 6.07) is 4.51. The second-order valence-corrected chi connectivity index (χ2v) is 6.34. The Morgan fingerprint density at radius 2 is 2.17 bits per heavy atom. The molecule has 0 aliphatic heterocycles. The fourth-order valence-corrected chi connectivity index (χ4v) is 3.41. The van der Waals surface area contributed by atoms with Crippen LogP contribution in [0.4, 0.5) is 4.39 Å². The number of rotatable bonds is 3. The van der Waals surface area contributed by atoms with Crippen LogP contribution in [0.15, 0.2) is 22.7 Å². The van der Waals surface area contributed by atoms with E-state index in [-0.39, 0.29) is 11.9 Å². The maximum absolute atomic E-state index is 13.8. The van der Waals surface area contributed by atoms with Crippen LogP contribution in [0.3, 0.4) is 0 Å². The van der Waals surface area contributed by atoms with E-state index in [1.807, 2.05) is 13.8 Å². The highest BCUT2D eigenvalue weighted by atomic mass is 79.9. The van der Waals surface area contributed by atoms with Crippen molar-refractivity contribution in [1.29, 1.82) is 0 Å². The molecule has 96 valence electrons. The lowest BCUT2D eigenvalue weighted by Gasteiger charge is -2.13. The summed E-state index contributed by atoms with van der Waals surface area (Å²) in [5, 5.41) is 0.952. The molecule has 2 N–H and O–H groups in total. The van der Waals surface area contributed by atoms with Gasteiger partial charge in [0.25, 0.3) is 0 Å². The zero-order valence-corrected chi connectivity index (χ0v) is 12.6. The SMILES string of the molecule is Cc1nc(CC(N)c2c(F)cccc2Br)sc1C. The van der Waals surface area contributed by atoms with Crippen LogP contribution in [0.5, 0.6) is 0 Å². The molecule has 1 atom stereocenters. The predicted octanol–water partition coefficient (Wildman–Crippen LogP) is 3.90. The van der Waals surface area contributed by atoms with E-state index < -0.39 is 0 Å². The topological polar surface area (TPSA) is 38.9 Å². The van der Waals surface area contributed by atoms with Gasteiger partial charge in [0.1, 0.15) is 5.82 Å². The Balaban J connectivity index is 2.24. The third kappa shape index (κ3) is 2.79. The first-order chi connectivity index (χ1) is 8.49. The van der Waals surface area contributed by atoms with Crippen LogP contribution in [-0.4, -0.2) is 4.98 Å². The molecular weight excluding hydrogens is 315 g/mol. The quantitative estimate of drug-likeness (QED) is 0.927. The molecule has 0 saturated heterocycles. The highest BCUT2D eigenvalue weighted by Gasteiger charge is 2.17. The molecule has 0 saturated carbocycles. The first-order valence-corrected chi connectivity index (χ1v) is 7.22. The lowest BCUT2D eigenvalue weighted by molar-refractivity contribution is 0.577. The van der Waals surface area contributed by atoms with E-state index in [2.05, 4.69) is 20.9 Å². The summed E-state index contributed by atoms with van der Waals surface area (Å²) in [6.07, 6.45) is 0.554. The largest absolute Gasteiger partial charge is 0.323 e. The van der Waals surface area contributed by atoms with E-state index in [1.54, 1.807) is 23.5 Å². The normalized spacial score (nSPS) is 12.7. The minimum Gasteiger partial charge on any atom is -0.323 e. The molecule has 2 rings (SSSR count). The minimum atomic E-state index is -0.384. The summed E-state index contributed by atoms with van der Waals surface area (Å²) >= 11 is 4.96. The molecule has 0 radical (unpaired) electrons. The lowest BCUT2D eigenvalue weighted by Crippen LogP contribution is -2.15. The van der Waals surface area contributed by atoms with Crippen molar-refractivity contribution in [2.75, 3.05) is 0 Å². The van der Waals surface area contributed by atoms with Gasteiger partial charge in [0.2, 0.25) is 0 Å². The second-order valence-electron chi connectivity index (χ2n) is 4.20. The summed E-state index contributed by atoms with van der Waals surface area (Å²) in [5.74, 6) is -0.276. The predicted molar refractivity (Wildman–Crippen MR) is 76.3 cm³/mol. The summed E-state index contributed by atoms with van der Waals surface area (Å²) in [4.78, 5) is 5.62. The molecule has 0 amide bonds. The number of halogens is 2. The molecule has 0 bridgehead atoms. The van der Waals surface area contributed by atoms with Gasteiger partial charge in [0, 0.05) is 27.4 Å². The van der Waals surface area contributed by atoms with Gasteiger partial charge in [0.05, 0.1) is 10.7 Å². The molecule has 0 aliphatic rings. The third-order valence-corrected chi connectivity index (χ3v) is 4.62. The van der Waals surface area contributed by atoms with Crippen molar-refractivity contribution in [3.8, 4) is 0 Å². The van der Waals surface area contributed by atoms with E-state index in [9.17, 15) is 4.39 Å². The van der Waals surface area contributed by atoms with Gasteiger partial charge in [-0.25, -0.2) is 9.37 Å². The van der Waals surface area contributed by atoms with Crippen molar-refractivity contribution in [1.82, 2.24) is 4.98 Å². The zero-order valence-electron chi connectivity index (χ0n) is 10.2. The molecule has 18 heavy (non-hydrogen) atoms. The number of nitrogens with zero attached hydrogens (tertiary/aromatic N) is 1. The summed E-state index contributed by atoms with van der Waals surface area (Å²) in [5.41, 5.74) is 7.62. The van der Waals surface area contributed by atoms with Crippen LogP contribution >= 0.6 is 27.3 Å². The summed E-state index contributed by atoms with van der Waals surface area (Å²) in [7, 11) is 0. The molecule has 0 aliphatic carbocycles. The first-order valence-electron chi connectivity index (χ1n) is 5.61. The van der Waals surface area contributed by atoms with Crippen LogP contribution in [0, 0.1) is 19.7 Å². The van der Waals surface area contributed by atoms with Crippen molar-refractivity contribution >= 4 is 27.3 Å². The Bertz CT molecular complexity index is 528. The van der Waals surface area contributed by atoms with Crippen LogP contribution in [0.1, 0.15) is 27.2 Å². The van der Waals surface area contributed by atoms with Crippen molar-refractivity contribution in [3.63, 3.8) is 0 Å². The van der Waals surface area contributed by atoms with Crippen LogP contribution in [0.25, 0.3) is 0 Å². The number of nitrogens with two attached hydrogens (primary N) is 1. The molecule has 2 nitrogen and oxygen atoms in total. The van der Waals surface area contributed by atoms with E-state index in [0.29, 0.717) is 16.5 Å². The van der Waals surface area contributed by atoms with E-state index in [1.165, 1.54) is 10.9 Å². The number of hydrogen-bond donors (Lipinski definition) is 1. The van der Waals surface area contributed by atoms with Crippen LogP contribution in [-0.2, 0) is 6.42 Å². The molecule has 1 aromatic carbocycles. The molecular formula is C13H14BrFN2S. The number of thiazole rings is 1. The number of aromatic nitrogens is 1. The van der Waals surface area contributed by atoms with Gasteiger partial charge < -0.3 is 5.73 Å². The average Bonchev–Trinajstić information content (AvgIpc) is 2.57. The molecule has 1 unspecified atom stereocenters. The average molecular weight is 329 g/mol. The number of benzene rings is 1. The summed E-state index contributed by atoms with van der Waals surface area (Å²) < 4.78 is 14.5. The van der Waals surface area contributed by atoms with Gasteiger partial charge in [-0.3, -0.25) is 0 Å². The smallest absolute Gasteiger partial charge is 0.129 e. The molecule has 2 aromatic rings. The summed E-state index contributed by atoms with van der Waals surface area (Å²) in [6.45, 7) is 4.00. The standard InChI is InChI=1S/C13H14BrFN2S/c1-7-8(2)18-12(17-7)6-11(16)13-9(14)4-3-5-10(13)15/h3-5,11H,6,16H2,1-2H3. The number of aryl methyl sites for hydroxylation is 2. The van der Waals surface area contributed by atoms with Crippen LogP contribution in [0.2, 0.25) is 0 Å². The Morgan fingerprint density at radius 3 is 2.72 bits per heavy atom. The van der Waals surface area contributed by atoms with Gasteiger partial charge >= 0.3 is 0 Å². The zero-order chi connectivity index (χ0) is 13.3. The van der Waals surface area contributed by atoms with Crippen LogP contribution < -0.4 is 5.73 Å². The second kappa shape index (κ2) is 5.47. The Kier molecular flexibility index (Phi) is 4.14. The number of hydrogen-bond acceptors (Lipinski definition) is 3. The molecule has 0 fully saturated rings. The van der Waals surface area contributed by atoms with Gasteiger partial charge in [-0.05, 0) is 26.0 Å². The Morgan fingerprint density at radius 1 is 1.44 bits per heavy atom. The third-order valence-electron chi connectivity index (χ3n) is 2.84. The molecule has 0 spiro atoms. The molecule has 1 aromatic heterocycles. The highest BCUT2D eigenvalue weighted by Crippen LogP contribution is 2.28. The minimum absolute atomic E-state index is 0.276.